The number of nitrogens with zero attached hydrogens (tertiary/aromatic N) is 1. The number of hydrogen-bond acceptors (Lipinski definition) is 4. The summed E-state index contributed by atoms with van der Waals surface area (Å²) in [5.74, 6) is -0.853. The minimum absolute atomic E-state index is 0.0579. The molecule has 2 N–H and O–H groups in total. The zero-order valence-corrected chi connectivity index (χ0v) is 12.5. The molecule has 0 radical (unpaired) electrons. The van der Waals surface area contributed by atoms with Gasteiger partial charge < -0.3 is 5.32 Å². The summed E-state index contributed by atoms with van der Waals surface area (Å²) in [6, 6.07) is 5.70. The molecule has 7 heteroatoms. The Morgan fingerprint density at radius 3 is 2.77 bits per heavy atom. The zero-order valence-electron chi connectivity index (χ0n) is 11.6. The first-order valence-electron chi connectivity index (χ1n) is 6.93. The molecule has 0 bridgehead atoms. The van der Waals surface area contributed by atoms with E-state index in [2.05, 4.69) is 15.6 Å². The number of nitrogens with one attached hydrogen (secondary N) is 2. The lowest BCUT2D eigenvalue weighted by Gasteiger charge is -2.02. The first-order chi connectivity index (χ1) is 10.6. The van der Waals surface area contributed by atoms with Crippen LogP contribution in [0.4, 0.5) is 9.52 Å². The van der Waals surface area contributed by atoms with Crippen LogP contribution in [-0.4, -0.2) is 23.3 Å². The highest BCUT2D eigenvalue weighted by atomic mass is 32.1. The maximum absolute atomic E-state index is 13.5. The highest BCUT2D eigenvalue weighted by Gasteiger charge is 2.22. The summed E-state index contributed by atoms with van der Waals surface area (Å²) in [4.78, 5) is 27.9. The molecule has 2 amide bonds. The SMILES string of the molecule is O=C(NCC1CC1)c1csc(NC(=O)c2ccccc2F)n1. The normalized spacial score (nSPS) is 13.7. The molecule has 1 aromatic heterocycles. The second kappa shape index (κ2) is 6.23. The van der Waals surface area contributed by atoms with Gasteiger partial charge in [-0.2, -0.15) is 0 Å². The number of aromatic nitrogens is 1. The van der Waals surface area contributed by atoms with Crippen LogP contribution in [0.3, 0.4) is 0 Å². The van der Waals surface area contributed by atoms with E-state index in [1.807, 2.05) is 0 Å². The predicted octanol–water partition coefficient (Wildman–Crippen LogP) is 2.67. The Morgan fingerprint density at radius 1 is 1.27 bits per heavy atom. The van der Waals surface area contributed by atoms with Crippen molar-refractivity contribution in [2.24, 2.45) is 5.92 Å². The molecule has 0 atom stereocenters. The number of rotatable bonds is 5. The van der Waals surface area contributed by atoms with Crippen LogP contribution in [0.2, 0.25) is 0 Å². The molecule has 1 saturated carbocycles. The van der Waals surface area contributed by atoms with Crippen molar-refractivity contribution in [1.82, 2.24) is 10.3 Å². The van der Waals surface area contributed by atoms with Crippen molar-refractivity contribution in [3.8, 4) is 0 Å². The largest absolute Gasteiger partial charge is 0.350 e. The lowest BCUT2D eigenvalue weighted by atomic mass is 10.2. The summed E-state index contributed by atoms with van der Waals surface area (Å²) in [5, 5.41) is 7.14. The van der Waals surface area contributed by atoms with Crippen molar-refractivity contribution in [3.05, 3.63) is 46.7 Å². The number of anilines is 1. The number of carbonyl (C=O) groups excluding carboxylic acids is 2. The van der Waals surface area contributed by atoms with Crippen molar-refractivity contribution in [3.63, 3.8) is 0 Å². The summed E-state index contributed by atoms with van der Waals surface area (Å²) in [6.07, 6.45) is 2.31. The zero-order chi connectivity index (χ0) is 15.5. The van der Waals surface area contributed by atoms with Crippen molar-refractivity contribution in [1.29, 1.82) is 0 Å². The summed E-state index contributed by atoms with van der Waals surface area (Å²) in [6.45, 7) is 0.660. The third-order valence-electron chi connectivity index (χ3n) is 3.32. The fourth-order valence-electron chi connectivity index (χ4n) is 1.89. The summed E-state index contributed by atoms with van der Waals surface area (Å²) in [7, 11) is 0. The van der Waals surface area contributed by atoms with Crippen LogP contribution in [-0.2, 0) is 0 Å². The van der Waals surface area contributed by atoms with Gasteiger partial charge in [-0.15, -0.1) is 11.3 Å². The van der Waals surface area contributed by atoms with E-state index < -0.39 is 11.7 Å². The summed E-state index contributed by atoms with van der Waals surface area (Å²) < 4.78 is 13.5. The molecule has 0 aliphatic heterocycles. The van der Waals surface area contributed by atoms with Crippen LogP contribution >= 0.6 is 11.3 Å². The molecule has 1 aliphatic carbocycles. The lowest BCUT2D eigenvalue weighted by Crippen LogP contribution is -2.25. The third-order valence-corrected chi connectivity index (χ3v) is 4.08. The molecule has 114 valence electrons. The van der Waals surface area contributed by atoms with E-state index >= 15 is 0 Å². The van der Waals surface area contributed by atoms with Crippen LogP contribution in [0.25, 0.3) is 0 Å². The number of benzene rings is 1. The fourth-order valence-corrected chi connectivity index (χ4v) is 2.58. The van der Waals surface area contributed by atoms with Gasteiger partial charge in [0.2, 0.25) is 0 Å². The number of thiazole rings is 1. The van der Waals surface area contributed by atoms with Crippen LogP contribution in [0.15, 0.2) is 29.6 Å². The van der Waals surface area contributed by atoms with E-state index in [4.69, 9.17) is 0 Å². The quantitative estimate of drug-likeness (QED) is 0.890. The third kappa shape index (κ3) is 3.48. The van der Waals surface area contributed by atoms with Crippen molar-refractivity contribution < 1.29 is 14.0 Å². The van der Waals surface area contributed by atoms with Crippen molar-refractivity contribution >= 4 is 28.3 Å². The van der Waals surface area contributed by atoms with E-state index in [1.54, 1.807) is 11.4 Å². The van der Waals surface area contributed by atoms with Crippen molar-refractivity contribution in [2.45, 2.75) is 12.8 Å². The Balaban J connectivity index is 1.62. The standard InChI is InChI=1S/C15H14FN3O2S/c16-11-4-2-1-3-10(11)13(20)19-15-18-12(8-22-15)14(21)17-7-9-5-6-9/h1-4,8-9H,5-7H2,(H,17,21)(H,18,19,20). The average Bonchev–Trinajstić information content (AvgIpc) is 3.23. The highest BCUT2D eigenvalue weighted by molar-refractivity contribution is 7.14. The molecular weight excluding hydrogens is 305 g/mol. The lowest BCUT2D eigenvalue weighted by molar-refractivity contribution is 0.0946. The second-order valence-electron chi connectivity index (χ2n) is 5.13. The Hall–Kier alpha value is -2.28. The van der Waals surface area contributed by atoms with Gasteiger partial charge in [0.15, 0.2) is 5.13 Å². The van der Waals surface area contributed by atoms with Crippen LogP contribution < -0.4 is 10.6 Å². The number of hydrogen-bond donors (Lipinski definition) is 2. The monoisotopic (exact) mass is 319 g/mol. The molecular formula is C15H14FN3O2S. The van der Waals surface area contributed by atoms with E-state index in [-0.39, 0.29) is 22.3 Å². The summed E-state index contributed by atoms with van der Waals surface area (Å²) >= 11 is 1.13. The first-order valence-corrected chi connectivity index (χ1v) is 7.81. The molecule has 0 spiro atoms. The number of amides is 2. The summed E-state index contributed by atoms with van der Waals surface area (Å²) in [5.41, 5.74) is 0.201. The van der Waals surface area contributed by atoms with Gasteiger partial charge in [-0.05, 0) is 30.9 Å². The van der Waals surface area contributed by atoms with Gasteiger partial charge in [0.1, 0.15) is 11.5 Å². The van der Waals surface area contributed by atoms with Gasteiger partial charge in [-0.25, -0.2) is 9.37 Å². The van der Waals surface area contributed by atoms with Crippen LogP contribution in [0.5, 0.6) is 0 Å². The maximum Gasteiger partial charge on any atom is 0.270 e. The Kier molecular flexibility index (Phi) is 4.15. The van der Waals surface area contributed by atoms with E-state index in [0.717, 1.165) is 24.2 Å². The first kappa shape index (κ1) is 14.6. The van der Waals surface area contributed by atoms with E-state index in [9.17, 15) is 14.0 Å². The smallest absolute Gasteiger partial charge is 0.270 e. The highest BCUT2D eigenvalue weighted by Crippen LogP contribution is 2.27. The minimum atomic E-state index is -0.598. The molecule has 1 heterocycles. The van der Waals surface area contributed by atoms with Gasteiger partial charge >= 0.3 is 0 Å². The van der Waals surface area contributed by atoms with Gasteiger partial charge in [-0.3, -0.25) is 14.9 Å². The van der Waals surface area contributed by atoms with Crippen molar-refractivity contribution in [2.75, 3.05) is 11.9 Å². The maximum atomic E-state index is 13.5. The molecule has 5 nitrogen and oxygen atoms in total. The minimum Gasteiger partial charge on any atom is -0.350 e. The Bertz CT molecular complexity index is 712. The average molecular weight is 319 g/mol. The van der Waals surface area contributed by atoms with Crippen LogP contribution in [0, 0.1) is 11.7 Å². The second-order valence-corrected chi connectivity index (χ2v) is 5.98. The fraction of sp³-hybridized carbons (Fsp3) is 0.267. The van der Waals surface area contributed by atoms with E-state index in [0.29, 0.717) is 12.5 Å². The Morgan fingerprint density at radius 2 is 2.05 bits per heavy atom. The molecule has 3 rings (SSSR count). The predicted molar refractivity (Wildman–Crippen MR) is 81.5 cm³/mol. The Labute approximate surface area is 130 Å². The number of carbonyl (C=O) groups is 2. The van der Waals surface area contributed by atoms with Gasteiger partial charge in [0.05, 0.1) is 5.56 Å². The molecule has 1 aromatic carbocycles. The molecule has 22 heavy (non-hydrogen) atoms. The topological polar surface area (TPSA) is 71.1 Å². The van der Waals surface area contributed by atoms with E-state index in [1.165, 1.54) is 18.2 Å². The molecule has 2 aromatic rings. The number of halogens is 1. The van der Waals surface area contributed by atoms with Gasteiger partial charge in [-0.1, -0.05) is 12.1 Å². The molecule has 1 aliphatic rings. The molecule has 0 unspecified atom stereocenters. The van der Waals surface area contributed by atoms with Gasteiger partial charge in [0, 0.05) is 11.9 Å². The molecule has 0 saturated heterocycles. The van der Waals surface area contributed by atoms with Crippen LogP contribution in [0.1, 0.15) is 33.7 Å². The molecule has 1 fully saturated rings. The van der Waals surface area contributed by atoms with Gasteiger partial charge in [0.25, 0.3) is 11.8 Å².